The van der Waals surface area contributed by atoms with E-state index in [1.54, 1.807) is 26.2 Å². The van der Waals surface area contributed by atoms with Gasteiger partial charge in [0, 0.05) is 34.4 Å². The van der Waals surface area contributed by atoms with Gasteiger partial charge in [-0.3, -0.25) is 24.1 Å². The molecule has 2 saturated heterocycles. The quantitative estimate of drug-likeness (QED) is 0.183. The lowest BCUT2D eigenvalue weighted by atomic mass is 9.89. The molecule has 1 aromatic carbocycles. The molecule has 0 aliphatic carbocycles. The average Bonchev–Trinajstić information content (AvgIpc) is 3.75. The molecule has 9 unspecified atom stereocenters. The molecule has 2 aliphatic heterocycles. The highest BCUT2D eigenvalue weighted by Crippen LogP contribution is 2.31. The summed E-state index contributed by atoms with van der Waals surface area (Å²) in [6.45, 7) is 13.8. The highest BCUT2D eigenvalue weighted by Gasteiger charge is 2.45. The number of aliphatic carboxylic acids is 1. The molecule has 12 nitrogen and oxygen atoms in total. The van der Waals surface area contributed by atoms with E-state index in [0.717, 1.165) is 44.2 Å². The summed E-state index contributed by atoms with van der Waals surface area (Å²) in [5, 5.41) is 16.2. The Labute approximate surface area is 312 Å². The third-order valence-electron chi connectivity index (χ3n) is 11.9. The Hall–Kier alpha value is -3.06. The molecule has 294 valence electrons. The zero-order valence-electron chi connectivity index (χ0n) is 33.4. The van der Waals surface area contributed by atoms with Crippen LogP contribution in [0.1, 0.15) is 85.6 Å². The molecule has 0 spiro atoms. The lowest BCUT2D eigenvalue weighted by molar-refractivity contribution is -0.147. The van der Waals surface area contributed by atoms with E-state index in [4.69, 9.17) is 9.47 Å². The number of hydrogen-bond acceptors (Lipinski definition) is 8. The van der Waals surface area contributed by atoms with E-state index in [9.17, 15) is 24.3 Å². The van der Waals surface area contributed by atoms with E-state index in [1.165, 1.54) is 0 Å². The number of nitrogens with zero attached hydrogens (tertiary/aromatic N) is 3. The minimum Gasteiger partial charge on any atom is -0.480 e. The number of likely N-dealkylation sites (tertiary alicyclic amines) is 2. The number of carboxylic acid groups (broad SMARTS) is 1. The molecular formula is C40H67N5O7. The molecule has 0 aromatic heterocycles. The second kappa shape index (κ2) is 19.9. The maximum Gasteiger partial charge on any atom is 0.321 e. The minimum atomic E-state index is -0.912. The van der Waals surface area contributed by atoms with Crippen molar-refractivity contribution in [3.63, 3.8) is 0 Å². The summed E-state index contributed by atoms with van der Waals surface area (Å²) in [6.07, 6.45) is 3.60. The van der Waals surface area contributed by atoms with Crippen LogP contribution in [0.3, 0.4) is 0 Å². The first-order valence-corrected chi connectivity index (χ1v) is 19.2. The number of rotatable bonds is 20. The molecule has 52 heavy (non-hydrogen) atoms. The van der Waals surface area contributed by atoms with Crippen molar-refractivity contribution in [2.24, 2.45) is 17.8 Å². The summed E-state index contributed by atoms with van der Waals surface area (Å²) in [6, 6.07) is 7.49. The van der Waals surface area contributed by atoms with Crippen LogP contribution in [-0.2, 0) is 35.1 Å². The van der Waals surface area contributed by atoms with Crippen molar-refractivity contribution < 1.29 is 33.8 Å². The molecule has 0 radical (unpaired) electrons. The Kier molecular flexibility index (Phi) is 16.5. The Bertz CT molecular complexity index is 1310. The Balaban J connectivity index is 1.73. The van der Waals surface area contributed by atoms with Crippen LogP contribution >= 0.6 is 0 Å². The summed E-state index contributed by atoms with van der Waals surface area (Å²) in [5.41, 5.74) is 0.279. The number of amides is 3. The third-order valence-corrected chi connectivity index (χ3v) is 11.9. The van der Waals surface area contributed by atoms with Crippen molar-refractivity contribution in [2.45, 2.75) is 128 Å². The molecular weight excluding hydrogens is 662 g/mol. The summed E-state index contributed by atoms with van der Waals surface area (Å²) in [5.74, 6) is -1.53. The fraction of sp³-hybridized carbons (Fsp3) is 0.750. The van der Waals surface area contributed by atoms with Crippen molar-refractivity contribution in [1.29, 1.82) is 0 Å². The summed E-state index contributed by atoms with van der Waals surface area (Å²) < 4.78 is 12.1. The number of hydrogen-bond donors (Lipinski definition) is 3. The maximum absolute atomic E-state index is 14.2. The van der Waals surface area contributed by atoms with Gasteiger partial charge in [-0.1, -0.05) is 71.4 Å². The zero-order chi connectivity index (χ0) is 38.7. The number of benzene rings is 1. The number of carbonyl (C=O) groups excluding carboxylic acids is 3. The van der Waals surface area contributed by atoms with Gasteiger partial charge >= 0.3 is 5.97 Å². The Morgan fingerprint density at radius 2 is 1.69 bits per heavy atom. The van der Waals surface area contributed by atoms with Crippen molar-refractivity contribution in [3.05, 3.63) is 35.9 Å². The summed E-state index contributed by atoms with van der Waals surface area (Å²) in [4.78, 5) is 59.7. The zero-order valence-corrected chi connectivity index (χ0v) is 33.4. The molecule has 9 atom stereocenters. The number of carbonyl (C=O) groups is 4. The fourth-order valence-electron chi connectivity index (χ4n) is 8.19. The molecule has 0 saturated carbocycles. The number of ether oxygens (including phenoxy) is 2. The van der Waals surface area contributed by atoms with Crippen molar-refractivity contribution in [3.8, 4) is 0 Å². The largest absolute Gasteiger partial charge is 0.480 e. The van der Waals surface area contributed by atoms with Gasteiger partial charge in [0.05, 0.1) is 36.3 Å². The van der Waals surface area contributed by atoms with Crippen LogP contribution < -0.4 is 10.6 Å². The summed E-state index contributed by atoms with van der Waals surface area (Å²) in [7, 11) is 6.94. The third kappa shape index (κ3) is 10.5. The topological polar surface area (TPSA) is 141 Å². The second-order valence-electron chi connectivity index (χ2n) is 15.8. The molecule has 3 N–H and O–H groups in total. The van der Waals surface area contributed by atoms with Gasteiger partial charge in [0.2, 0.25) is 17.7 Å². The Morgan fingerprint density at radius 1 is 1.02 bits per heavy atom. The van der Waals surface area contributed by atoms with Crippen LogP contribution in [0.25, 0.3) is 0 Å². The predicted molar refractivity (Wildman–Crippen MR) is 203 cm³/mol. The fourth-order valence-corrected chi connectivity index (χ4v) is 8.19. The van der Waals surface area contributed by atoms with Gasteiger partial charge in [-0.15, -0.1) is 0 Å². The van der Waals surface area contributed by atoms with E-state index in [2.05, 4.69) is 29.4 Å². The van der Waals surface area contributed by atoms with E-state index >= 15 is 0 Å². The van der Waals surface area contributed by atoms with Gasteiger partial charge in [-0.2, -0.15) is 0 Å². The van der Waals surface area contributed by atoms with Crippen LogP contribution in [-0.4, -0.2) is 133 Å². The first-order valence-electron chi connectivity index (χ1n) is 19.2. The van der Waals surface area contributed by atoms with Gasteiger partial charge < -0.3 is 35.0 Å². The van der Waals surface area contributed by atoms with E-state index in [-0.39, 0.29) is 54.0 Å². The number of likely N-dealkylation sites (N-methyl/N-ethyl adjacent to an activating group) is 2. The molecule has 2 heterocycles. The van der Waals surface area contributed by atoms with E-state index in [1.807, 2.05) is 70.0 Å². The van der Waals surface area contributed by atoms with Crippen molar-refractivity contribution in [1.82, 2.24) is 25.3 Å². The molecule has 12 heteroatoms. The normalized spacial score (nSPS) is 23.4. The van der Waals surface area contributed by atoms with Crippen LogP contribution in [0.2, 0.25) is 0 Å². The molecule has 3 rings (SSSR count). The molecule has 1 aromatic rings. The van der Waals surface area contributed by atoms with Crippen molar-refractivity contribution in [2.75, 3.05) is 47.9 Å². The Morgan fingerprint density at radius 3 is 2.23 bits per heavy atom. The van der Waals surface area contributed by atoms with Gasteiger partial charge in [0.1, 0.15) is 12.1 Å². The van der Waals surface area contributed by atoms with Gasteiger partial charge in [0.25, 0.3) is 0 Å². The smallest absolute Gasteiger partial charge is 0.321 e. The van der Waals surface area contributed by atoms with E-state index in [0.29, 0.717) is 19.5 Å². The number of methoxy groups -OCH3 is 2. The summed E-state index contributed by atoms with van der Waals surface area (Å²) >= 11 is 0. The second-order valence-corrected chi connectivity index (χ2v) is 15.8. The standard InChI is InChI=1S/C40H67N5O7/c1-11-27(4)35(44(8)37(47)34(26(2)3)42-39(50)40(6)20-16-21-43(40)7)32(51-9)24-33(46)45-22-15-19-31(45)36(52-10)28(5)25-41-30(38(48)49)23-29-17-13-12-14-18-29/h12-14,17-18,26-28,30-32,34-36,41H,11,15-16,19-25H2,1-10H3,(H,42,50)(H,48,49). The highest BCUT2D eigenvalue weighted by atomic mass is 16.5. The SMILES string of the molecule is CCC(C)C(C(CC(=O)N1CCCC1C(OC)C(C)CNC(Cc1ccccc1)C(=O)O)OC)N(C)C(=O)C(NC(=O)C1(C)CCCN1C)C(C)C. The van der Waals surface area contributed by atoms with Crippen molar-refractivity contribution >= 4 is 23.7 Å². The lowest BCUT2D eigenvalue weighted by Crippen LogP contribution is -2.61. The van der Waals surface area contributed by atoms with E-state index < -0.39 is 35.7 Å². The molecule has 2 fully saturated rings. The average molecular weight is 730 g/mol. The first kappa shape index (κ1) is 43.3. The number of carboxylic acids is 1. The van der Waals surface area contributed by atoms with Gasteiger partial charge in [-0.05, 0) is 75.9 Å². The molecule has 0 bridgehead atoms. The highest BCUT2D eigenvalue weighted by molar-refractivity contribution is 5.92. The number of nitrogens with one attached hydrogen (secondary N) is 2. The monoisotopic (exact) mass is 730 g/mol. The van der Waals surface area contributed by atoms with Crippen LogP contribution in [0.15, 0.2) is 30.3 Å². The first-order chi connectivity index (χ1) is 24.6. The van der Waals surface area contributed by atoms with Crippen LogP contribution in [0.5, 0.6) is 0 Å². The lowest BCUT2D eigenvalue weighted by Gasteiger charge is -2.41. The van der Waals surface area contributed by atoms with Gasteiger partial charge in [0.15, 0.2) is 0 Å². The molecule has 3 amide bonds. The molecule has 2 aliphatic rings. The minimum absolute atomic E-state index is 0.0129. The predicted octanol–water partition coefficient (Wildman–Crippen LogP) is 3.82. The maximum atomic E-state index is 14.2. The van der Waals surface area contributed by atoms with Crippen LogP contribution in [0.4, 0.5) is 0 Å². The van der Waals surface area contributed by atoms with Gasteiger partial charge in [-0.25, -0.2) is 0 Å². The van der Waals surface area contributed by atoms with Crippen LogP contribution in [0, 0.1) is 17.8 Å².